The number of nitrogens with zero attached hydrogens (tertiary/aromatic N) is 3. The molecule has 0 bridgehead atoms. The van der Waals surface area contributed by atoms with Crippen LogP contribution in [-0.2, 0) is 4.74 Å². The van der Waals surface area contributed by atoms with E-state index < -0.39 is 5.82 Å². The van der Waals surface area contributed by atoms with Crippen LogP contribution in [0.1, 0.15) is 0 Å². The largest absolute Gasteiger partial charge is 0.488 e. The summed E-state index contributed by atoms with van der Waals surface area (Å²) in [6.07, 6.45) is 0. The summed E-state index contributed by atoms with van der Waals surface area (Å²) in [4.78, 5) is 0. The second kappa shape index (κ2) is 8.16. The third-order valence-electron chi connectivity index (χ3n) is 2.33. The standard InChI is InChI=1S/C14H11FN4O2/c1-20-4-5-21-14-3-2-11(6-12(14)15)19-13(9-18)10(7-16)8-17/h2-3,6,19H,4-5H2,1H3. The van der Waals surface area contributed by atoms with Gasteiger partial charge in [-0.05, 0) is 12.1 Å². The van der Waals surface area contributed by atoms with Crippen LogP contribution in [0.4, 0.5) is 10.1 Å². The molecule has 0 unspecified atom stereocenters. The lowest BCUT2D eigenvalue weighted by atomic mass is 10.2. The molecule has 0 atom stereocenters. The molecule has 7 heteroatoms. The number of hydrogen-bond acceptors (Lipinski definition) is 6. The molecular formula is C14H11FN4O2. The SMILES string of the molecule is COCCOc1ccc(NC(C#N)=C(C#N)C#N)cc1F. The van der Waals surface area contributed by atoms with E-state index in [1.54, 1.807) is 18.2 Å². The van der Waals surface area contributed by atoms with Crippen LogP contribution in [0.2, 0.25) is 0 Å². The highest BCUT2D eigenvalue weighted by Gasteiger charge is 2.09. The fourth-order valence-corrected chi connectivity index (χ4v) is 1.36. The molecule has 0 saturated carbocycles. The average Bonchev–Trinajstić information content (AvgIpc) is 2.49. The lowest BCUT2D eigenvalue weighted by Gasteiger charge is -2.09. The number of halogens is 1. The summed E-state index contributed by atoms with van der Waals surface area (Å²) >= 11 is 0. The molecule has 0 amide bonds. The van der Waals surface area contributed by atoms with Gasteiger partial charge in [0.05, 0.1) is 6.61 Å². The maximum atomic E-state index is 13.8. The van der Waals surface area contributed by atoms with Crippen LogP contribution < -0.4 is 10.1 Å². The van der Waals surface area contributed by atoms with E-state index in [-0.39, 0.29) is 29.3 Å². The molecule has 106 valence electrons. The van der Waals surface area contributed by atoms with Crippen LogP contribution >= 0.6 is 0 Å². The molecule has 21 heavy (non-hydrogen) atoms. The minimum absolute atomic E-state index is 0.0425. The summed E-state index contributed by atoms with van der Waals surface area (Å²) in [5.41, 5.74) is -0.392. The Morgan fingerprint density at radius 3 is 2.43 bits per heavy atom. The summed E-state index contributed by atoms with van der Waals surface area (Å²) in [5.74, 6) is -0.593. The van der Waals surface area contributed by atoms with Gasteiger partial charge in [-0.15, -0.1) is 0 Å². The summed E-state index contributed by atoms with van der Waals surface area (Å²) in [7, 11) is 1.50. The maximum absolute atomic E-state index is 13.8. The molecule has 0 fully saturated rings. The van der Waals surface area contributed by atoms with Crippen molar-refractivity contribution in [3.05, 3.63) is 35.3 Å². The maximum Gasteiger partial charge on any atom is 0.167 e. The van der Waals surface area contributed by atoms with Crippen molar-refractivity contribution in [2.75, 3.05) is 25.6 Å². The average molecular weight is 286 g/mol. The lowest BCUT2D eigenvalue weighted by Crippen LogP contribution is -2.06. The summed E-state index contributed by atoms with van der Waals surface area (Å²) in [5, 5.41) is 28.8. The summed E-state index contributed by atoms with van der Waals surface area (Å²) < 4.78 is 23.7. The minimum atomic E-state index is -0.635. The summed E-state index contributed by atoms with van der Waals surface area (Å²) in [6.45, 7) is 0.533. The number of rotatable bonds is 6. The van der Waals surface area contributed by atoms with Gasteiger partial charge in [0.25, 0.3) is 0 Å². The van der Waals surface area contributed by atoms with Crippen molar-refractivity contribution >= 4 is 5.69 Å². The van der Waals surface area contributed by atoms with Crippen LogP contribution in [-0.4, -0.2) is 20.3 Å². The predicted molar refractivity (Wildman–Crippen MR) is 71.3 cm³/mol. The van der Waals surface area contributed by atoms with Gasteiger partial charge in [-0.25, -0.2) is 4.39 Å². The lowest BCUT2D eigenvalue weighted by molar-refractivity contribution is 0.144. The molecule has 0 aliphatic heterocycles. The topological polar surface area (TPSA) is 102 Å². The van der Waals surface area contributed by atoms with Gasteiger partial charge in [0.2, 0.25) is 0 Å². The highest BCUT2D eigenvalue weighted by Crippen LogP contribution is 2.22. The molecule has 6 nitrogen and oxygen atoms in total. The zero-order chi connectivity index (χ0) is 15.7. The first-order chi connectivity index (χ1) is 10.2. The quantitative estimate of drug-likeness (QED) is 0.634. The number of benzene rings is 1. The molecular weight excluding hydrogens is 275 g/mol. The van der Waals surface area contributed by atoms with Crippen LogP contribution in [0.3, 0.4) is 0 Å². The molecule has 1 N–H and O–H groups in total. The van der Waals surface area contributed by atoms with Crippen molar-refractivity contribution in [1.82, 2.24) is 0 Å². The highest BCUT2D eigenvalue weighted by atomic mass is 19.1. The van der Waals surface area contributed by atoms with Crippen LogP contribution in [0.25, 0.3) is 0 Å². The van der Waals surface area contributed by atoms with E-state index in [2.05, 4.69) is 5.32 Å². The molecule has 0 aliphatic rings. The third-order valence-corrected chi connectivity index (χ3v) is 2.33. The molecule has 0 spiro atoms. The van der Waals surface area contributed by atoms with Crippen LogP contribution in [0, 0.1) is 39.8 Å². The van der Waals surface area contributed by atoms with Crippen molar-refractivity contribution in [2.24, 2.45) is 0 Å². The van der Waals surface area contributed by atoms with Gasteiger partial charge in [-0.1, -0.05) is 0 Å². The zero-order valence-electron chi connectivity index (χ0n) is 11.2. The van der Waals surface area contributed by atoms with E-state index in [0.717, 1.165) is 6.07 Å². The zero-order valence-corrected chi connectivity index (χ0v) is 11.2. The minimum Gasteiger partial charge on any atom is -0.488 e. The van der Waals surface area contributed by atoms with Gasteiger partial charge in [-0.3, -0.25) is 0 Å². The van der Waals surface area contributed by atoms with Crippen LogP contribution in [0.15, 0.2) is 29.5 Å². The van der Waals surface area contributed by atoms with Crippen molar-refractivity contribution < 1.29 is 13.9 Å². The van der Waals surface area contributed by atoms with Gasteiger partial charge in [-0.2, -0.15) is 15.8 Å². The first kappa shape index (κ1) is 16.0. The van der Waals surface area contributed by atoms with Gasteiger partial charge < -0.3 is 14.8 Å². The monoisotopic (exact) mass is 286 g/mol. The highest BCUT2D eigenvalue weighted by molar-refractivity contribution is 5.59. The van der Waals surface area contributed by atoms with Crippen LogP contribution in [0.5, 0.6) is 5.75 Å². The van der Waals surface area contributed by atoms with Gasteiger partial charge in [0, 0.05) is 18.9 Å². The number of hydrogen-bond donors (Lipinski definition) is 1. The second-order valence-corrected chi connectivity index (χ2v) is 3.70. The Labute approximate surface area is 121 Å². The Balaban J connectivity index is 2.91. The Kier molecular flexibility index (Phi) is 6.21. The van der Waals surface area contributed by atoms with E-state index in [1.165, 1.54) is 19.2 Å². The number of ether oxygens (including phenoxy) is 2. The number of nitriles is 3. The Hall–Kier alpha value is -3.08. The number of nitrogens with one attached hydrogen (secondary N) is 1. The molecule has 1 aromatic carbocycles. The molecule has 1 rings (SSSR count). The fourth-order valence-electron chi connectivity index (χ4n) is 1.36. The van der Waals surface area contributed by atoms with Crippen molar-refractivity contribution in [1.29, 1.82) is 15.8 Å². The number of anilines is 1. The van der Waals surface area contributed by atoms with Gasteiger partial charge in [0.1, 0.15) is 30.5 Å². The third kappa shape index (κ3) is 4.50. The fraction of sp³-hybridized carbons (Fsp3) is 0.214. The van der Waals surface area contributed by atoms with E-state index >= 15 is 0 Å². The molecule has 0 aliphatic carbocycles. The summed E-state index contributed by atoms with van der Waals surface area (Å²) in [6, 6.07) is 8.80. The number of methoxy groups -OCH3 is 1. The second-order valence-electron chi connectivity index (χ2n) is 3.70. The van der Waals surface area contributed by atoms with Crippen molar-refractivity contribution in [2.45, 2.75) is 0 Å². The van der Waals surface area contributed by atoms with E-state index in [0.29, 0.717) is 6.61 Å². The smallest absolute Gasteiger partial charge is 0.167 e. The number of allylic oxidation sites excluding steroid dienone is 2. The van der Waals surface area contributed by atoms with E-state index in [9.17, 15) is 4.39 Å². The Morgan fingerprint density at radius 2 is 1.90 bits per heavy atom. The normalized spacial score (nSPS) is 8.90. The molecule has 0 radical (unpaired) electrons. The molecule has 0 aromatic heterocycles. The predicted octanol–water partition coefficient (Wildman–Crippen LogP) is 2.09. The Morgan fingerprint density at radius 1 is 1.19 bits per heavy atom. The first-order valence-corrected chi connectivity index (χ1v) is 5.79. The van der Waals surface area contributed by atoms with Gasteiger partial charge in [0.15, 0.2) is 17.1 Å². The molecule has 1 aromatic rings. The van der Waals surface area contributed by atoms with E-state index in [4.69, 9.17) is 25.3 Å². The molecule has 0 saturated heterocycles. The molecule has 0 heterocycles. The first-order valence-electron chi connectivity index (χ1n) is 5.79. The van der Waals surface area contributed by atoms with Crippen molar-refractivity contribution in [3.63, 3.8) is 0 Å². The van der Waals surface area contributed by atoms with E-state index in [1.807, 2.05) is 0 Å². The van der Waals surface area contributed by atoms with Crippen molar-refractivity contribution in [3.8, 4) is 24.0 Å². The Bertz CT molecular complexity index is 649. The van der Waals surface area contributed by atoms with Gasteiger partial charge >= 0.3 is 0 Å².